The number of ether oxygens (including phenoxy) is 1. The van der Waals surface area contributed by atoms with E-state index >= 15 is 0 Å². The van der Waals surface area contributed by atoms with E-state index in [1.807, 2.05) is 18.2 Å². The van der Waals surface area contributed by atoms with Crippen LogP contribution in [0.5, 0.6) is 0 Å². The molecule has 0 amide bonds. The zero-order chi connectivity index (χ0) is 6.97. The molecular formula is C8H7KO2. The molecular weight excluding hydrogens is 167 g/mol. The summed E-state index contributed by atoms with van der Waals surface area (Å²) in [5, 5.41) is 0. The number of carbonyl (C=O) groups is 1. The van der Waals surface area contributed by atoms with Crippen molar-refractivity contribution in [3.8, 4) is 0 Å². The first-order valence-electron chi connectivity index (χ1n) is 3.13. The molecule has 0 fully saturated rings. The molecule has 0 aromatic heterocycles. The minimum absolute atomic E-state index is 0. The second kappa shape index (κ2) is 3.82. The topological polar surface area (TPSA) is 26.3 Å². The summed E-state index contributed by atoms with van der Waals surface area (Å²) in [6.07, 6.45) is 0. The first-order chi connectivity index (χ1) is 4.88. The number of hydrogen-bond donors (Lipinski definition) is 0. The van der Waals surface area contributed by atoms with Gasteiger partial charge in [-0.2, -0.15) is 0 Å². The molecule has 1 aliphatic heterocycles. The summed E-state index contributed by atoms with van der Waals surface area (Å²) in [5.41, 5.74) is 1.70. The fourth-order valence-electron chi connectivity index (χ4n) is 1.07. The number of fused-ring (bicyclic) bond motifs is 1. The van der Waals surface area contributed by atoms with Gasteiger partial charge in [0.25, 0.3) is 0 Å². The average molecular weight is 174 g/mol. The minimum atomic E-state index is -0.199. The number of carbonyl (C=O) groups excluding carboxylic acids is 1. The average Bonchev–Trinajstić information content (AvgIpc) is 2.34. The van der Waals surface area contributed by atoms with Crippen molar-refractivity contribution in [1.29, 1.82) is 0 Å². The molecule has 0 radical (unpaired) electrons. The fraction of sp³-hybridized carbons (Fsp3) is 0.125. The molecule has 52 valence electrons. The third-order valence-electron chi connectivity index (χ3n) is 1.60. The van der Waals surface area contributed by atoms with Gasteiger partial charge < -0.3 is 4.74 Å². The first-order valence-corrected chi connectivity index (χ1v) is 3.13. The van der Waals surface area contributed by atoms with Crippen LogP contribution in [0.2, 0.25) is 0 Å². The van der Waals surface area contributed by atoms with Crippen LogP contribution < -0.4 is 0 Å². The maximum absolute atomic E-state index is 10.8. The SMILES string of the molecule is O=C1OCc2ccccc21.[KH]. The van der Waals surface area contributed by atoms with Crippen molar-refractivity contribution in [2.75, 3.05) is 0 Å². The van der Waals surface area contributed by atoms with Gasteiger partial charge in [-0.1, -0.05) is 18.2 Å². The number of rotatable bonds is 0. The standard InChI is InChI=1S/C8H6O2.K.H/c9-8-7-4-2-1-3-6(7)5-10-8;;/h1-4H,5H2;;. The van der Waals surface area contributed by atoms with Crippen molar-refractivity contribution in [2.45, 2.75) is 6.61 Å². The summed E-state index contributed by atoms with van der Waals surface area (Å²) >= 11 is 0. The first kappa shape index (κ1) is 9.41. The molecule has 0 spiro atoms. The fourth-order valence-corrected chi connectivity index (χ4v) is 1.07. The van der Waals surface area contributed by atoms with Crippen molar-refractivity contribution in [3.63, 3.8) is 0 Å². The van der Waals surface area contributed by atoms with Gasteiger partial charge >= 0.3 is 57.4 Å². The van der Waals surface area contributed by atoms with E-state index in [4.69, 9.17) is 4.74 Å². The van der Waals surface area contributed by atoms with Gasteiger partial charge in [0.05, 0.1) is 5.56 Å². The van der Waals surface area contributed by atoms with Crippen molar-refractivity contribution >= 4 is 57.4 Å². The predicted octanol–water partition coefficient (Wildman–Crippen LogP) is 0.708. The normalized spacial score (nSPS) is 13.3. The molecule has 11 heavy (non-hydrogen) atoms. The third kappa shape index (κ3) is 1.73. The summed E-state index contributed by atoms with van der Waals surface area (Å²) in [7, 11) is 0. The quantitative estimate of drug-likeness (QED) is 0.427. The predicted molar refractivity (Wildman–Crippen MR) is 42.7 cm³/mol. The van der Waals surface area contributed by atoms with Gasteiger partial charge in [-0.3, -0.25) is 0 Å². The Kier molecular flexibility index (Phi) is 3.27. The van der Waals surface area contributed by atoms with E-state index in [-0.39, 0.29) is 57.4 Å². The van der Waals surface area contributed by atoms with Crippen LogP contribution >= 0.6 is 0 Å². The molecule has 1 heterocycles. The van der Waals surface area contributed by atoms with E-state index in [1.165, 1.54) is 0 Å². The van der Waals surface area contributed by atoms with Gasteiger partial charge in [0.15, 0.2) is 0 Å². The summed E-state index contributed by atoms with van der Waals surface area (Å²) in [4.78, 5) is 10.8. The molecule has 1 aromatic carbocycles. The van der Waals surface area contributed by atoms with Crippen LogP contribution in [-0.2, 0) is 11.3 Å². The Labute approximate surface area is 107 Å². The van der Waals surface area contributed by atoms with E-state index in [0.29, 0.717) is 12.2 Å². The van der Waals surface area contributed by atoms with Crippen LogP contribution in [-0.4, -0.2) is 57.4 Å². The molecule has 0 unspecified atom stereocenters. The van der Waals surface area contributed by atoms with Crippen molar-refractivity contribution < 1.29 is 9.53 Å². The summed E-state index contributed by atoms with van der Waals surface area (Å²) in [5.74, 6) is -0.199. The van der Waals surface area contributed by atoms with Crippen LogP contribution in [0.3, 0.4) is 0 Å². The molecule has 3 heteroatoms. The van der Waals surface area contributed by atoms with E-state index in [2.05, 4.69) is 0 Å². The Morgan fingerprint density at radius 1 is 1.27 bits per heavy atom. The Bertz CT molecular complexity index is 283. The second-order valence-electron chi connectivity index (χ2n) is 2.23. The summed E-state index contributed by atoms with van der Waals surface area (Å²) in [6.45, 7) is 0.439. The summed E-state index contributed by atoms with van der Waals surface area (Å²) < 4.78 is 4.78. The van der Waals surface area contributed by atoms with Gasteiger partial charge in [0.1, 0.15) is 6.61 Å². The van der Waals surface area contributed by atoms with Gasteiger partial charge in [0, 0.05) is 5.56 Å². The number of esters is 1. The van der Waals surface area contributed by atoms with Crippen molar-refractivity contribution in [1.82, 2.24) is 0 Å². The molecule has 0 atom stereocenters. The van der Waals surface area contributed by atoms with Gasteiger partial charge in [-0.15, -0.1) is 0 Å². The molecule has 1 aliphatic rings. The summed E-state index contributed by atoms with van der Waals surface area (Å²) in [6, 6.07) is 7.43. The third-order valence-corrected chi connectivity index (χ3v) is 1.60. The monoisotopic (exact) mass is 174 g/mol. The van der Waals surface area contributed by atoms with Crippen LogP contribution in [0, 0.1) is 0 Å². The Morgan fingerprint density at radius 3 is 2.73 bits per heavy atom. The number of benzene rings is 1. The van der Waals surface area contributed by atoms with Crippen molar-refractivity contribution in [3.05, 3.63) is 35.4 Å². The Morgan fingerprint density at radius 2 is 2.00 bits per heavy atom. The van der Waals surface area contributed by atoms with Crippen LogP contribution in [0.4, 0.5) is 0 Å². The van der Waals surface area contributed by atoms with Crippen LogP contribution in [0.15, 0.2) is 24.3 Å². The van der Waals surface area contributed by atoms with E-state index < -0.39 is 0 Å². The second-order valence-corrected chi connectivity index (χ2v) is 2.23. The van der Waals surface area contributed by atoms with Gasteiger partial charge in [-0.25, -0.2) is 4.79 Å². The molecule has 2 nitrogen and oxygen atoms in total. The van der Waals surface area contributed by atoms with Crippen LogP contribution in [0.25, 0.3) is 0 Å². The number of cyclic esters (lactones) is 1. The Balaban J connectivity index is 0.000000605. The zero-order valence-corrected chi connectivity index (χ0v) is 5.33. The molecule has 0 N–H and O–H groups in total. The van der Waals surface area contributed by atoms with Gasteiger partial charge in [-0.05, 0) is 6.07 Å². The van der Waals surface area contributed by atoms with E-state index in [9.17, 15) is 4.79 Å². The van der Waals surface area contributed by atoms with Crippen LogP contribution in [0.1, 0.15) is 15.9 Å². The van der Waals surface area contributed by atoms with E-state index in [1.54, 1.807) is 6.07 Å². The van der Waals surface area contributed by atoms with Gasteiger partial charge in [0.2, 0.25) is 0 Å². The molecule has 0 saturated heterocycles. The molecule has 0 saturated carbocycles. The van der Waals surface area contributed by atoms with Crippen molar-refractivity contribution in [2.24, 2.45) is 0 Å². The zero-order valence-electron chi connectivity index (χ0n) is 5.33. The van der Waals surface area contributed by atoms with E-state index in [0.717, 1.165) is 5.56 Å². The molecule has 1 aromatic rings. The molecule has 0 aliphatic carbocycles. The molecule has 2 rings (SSSR count). The maximum atomic E-state index is 10.8. The number of hydrogen-bond acceptors (Lipinski definition) is 2. The molecule has 0 bridgehead atoms. The Hall–Kier alpha value is 0.326.